The monoisotopic (exact) mass is 313 g/mol. The molecule has 0 aliphatic heterocycles. The zero-order valence-corrected chi connectivity index (χ0v) is 12.5. The molecule has 0 aromatic heterocycles. The summed E-state index contributed by atoms with van der Waals surface area (Å²) in [4.78, 5) is 0. The molecule has 2 rings (SSSR count). The Hall–Kier alpha value is -0.410. The molecule has 1 aliphatic carbocycles. The van der Waals surface area contributed by atoms with E-state index in [0.29, 0.717) is 6.04 Å². The Balaban J connectivity index is 1.86. The van der Waals surface area contributed by atoms with Gasteiger partial charge in [0.15, 0.2) is 0 Å². The lowest BCUT2D eigenvalue weighted by atomic mass is 9.84. The van der Waals surface area contributed by atoms with Crippen LogP contribution < -0.4 is 5.32 Å². The predicted molar refractivity (Wildman–Crippen MR) is 77.0 cm³/mol. The zero-order valence-electron chi connectivity index (χ0n) is 10.9. The van der Waals surface area contributed by atoms with Gasteiger partial charge in [-0.05, 0) is 43.4 Å². The Morgan fingerprint density at radius 2 is 2.06 bits per heavy atom. The molecule has 1 nitrogen and oxygen atoms in total. The lowest BCUT2D eigenvalue weighted by Gasteiger charge is -2.28. The Kier molecular flexibility index (Phi) is 5.19. The van der Waals surface area contributed by atoms with Crippen molar-refractivity contribution in [3.8, 4) is 0 Å². The number of hydrogen-bond acceptors (Lipinski definition) is 1. The van der Waals surface area contributed by atoms with Crippen LogP contribution in [0.15, 0.2) is 22.7 Å². The molecule has 0 bridgehead atoms. The van der Waals surface area contributed by atoms with Crippen LogP contribution in [0.3, 0.4) is 0 Å². The zero-order chi connectivity index (χ0) is 13.0. The van der Waals surface area contributed by atoms with Crippen molar-refractivity contribution in [2.75, 3.05) is 0 Å². The topological polar surface area (TPSA) is 12.0 Å². The second kappa shape index (κ2) is 6.67. The van der Waals surface area contributed by atoms with E-state index in [-0.39, 0.29) is 5.82 Å². The molecule has 1 saturated carbocycles. The molecule has 18 heavy (non-hydrogen) atoms. The molecule has 1 aliphatic rings. The van der Waals surface area contributed by atoms with Gasteiger partial charge in [0.05, 0.1) is 0 Å². The largest absolute Gasteiger partial charge is 0.310 e. The maximum Gasteiger partial charge on any atom is 0.124 e. The van der Waals surface area contributed by atoms with Crippen LogP contribution in [0.4, 0.5) is 4.39 Å². The van der Waals surface area contributed by atoms with Gasteiger partial charge >= 0.3 is 0 Å². The third-order valence-corrected chi connectivity index (χ3v) is 4.72. The fraction of sp³-hybridized carbons (Fsp3) is 0.600. The Morgan fingerprint density at radius 3 is 2.72 bits per heavy atom. The average molecular weight is 314 g/mol. The highest BCUT2D eigenvalue weighted by Gasteiger charge is 2.19. The average Bonchev–Trinajstić information content (AvgIpc) is 2.38. The molecule has 0 saturated heterocycles. The van der Waals surface area contributed by atoms with Gasteiger partial charge in [-0.2, -0.15) is 0 Å². The smallest absolute Gasteiger partial charge is 0.124 e. The highest BCUT2D eigenvalue weighted by molar-refractivity contribution is 9.10. The summed E-state index contributed by atoms with van der Waals surface area (Å²) in [7, 11) is 0. The van der Waals surface area contributed by atoms with Crippen molar-refractivity contribution in [1.82, 2.24) is 5.32 Å². The lowest BCUT2D eigenvalue weighted by molar-refractivity contribution is 0.280. The molecule has 0 amide bonds. The minimum atomic E-state index is -0.189. The summed E-state index contributed by atoms with van der Waals surface area (Å²) in [6, 6.07) is 5.44. The highest BCUT2D eigenvalue weighted by Crippen LogP contribution is 2.26. The first-order chi connectivity index (χ1) is 8.66. The molecule has 1 unspecified atom stereocenters. The summed E-state index contributed by atoms with van der Waals surface area (Å²) in [5, 5.41) is 3.58. The molecule has 1 N–H and O–H groups in total. The number of halogens is 2. The number of nitrogens with one attached hydrogen (secondary N) is 1. The third-order valence-electron chi connectivity index (χ3n) is 3.99. The maximum atomic E-state index is 13.0. The molecule has 3 heteroatoms. The van der Waals surface area contributed by atoms with E-state index in [4.69, 9.17) is 0 Å². The molecule has 100 valence electrons. The van der Waals surface area contributed by atoms with E-state index in [1.807, 2.05) is 6.07 Å². The van der Waals surface area contributed by atoms with Crippen LogP contribution in [0, 0.1) is 11.7 Å². The van der Waals surface area contributed by atoms with Crippen LogP contribution in [-0.2, 0) is 6.54 Å². The summed E-state index contributed by atoms with van der Waals surface area (Å²) in [6.07, 6.45) is 6.83. The second-order valence-corrected chi connectivity index (χ2v) is 6.16. The van der Waals surface area contributed by atoms with Crippen molar-refractivity contribution in [2.24, 2.45) is 5.92 Å². The van der Waals surface area contributed by atoms with E-state index >= 15 is 0 Å². The van der Waals surface area contributed by atoms with E-state index < -0.39 is 0 Å². The number of benzene rings is 1. The molecule has 1 aromatic carbocycles. The van der Waals surface area contributed by atoms with Gasteiger partial charge in [0.1, 0.15) is 5.82 Å². The van der Waals surface area contributed by atoms with Gasteiger partial charge in [-0.15, -0.1) is 0 Å². The van der Waals surface area contributed by atoms with Crippen LogP contribution >= 0.6 is 15.9 Å². The second-order valence-electron chi connectivity index (χ2n) is 5.30. The fourth-order valence-electron chi connectivity index (χ4n) is 2.74. The third kappa shape index (κ3) is 3.79. The Morgan fingerprint density at radius 1 is 1.33 bits per heavy atom. The normalized spacial score (nSPS) is 18.8. The Bertz CT molecular complexity index is 388. The van der Waals surface area contributed by atoms with Crippen LogP contribution in [0.1, 0.15) is 44.6 Å². The van der Waals surface area contributed by atoms with Crippen LogP contribution in [0.25, 0.3) is 0 Å². The summed E-state index contributed by atoms with van der Waals surface area (Å²) in [5.41, 5.74) is 1.12. The lowest BCUT2D eigenvalue weighted by Crippen LogP contribution is -2.34. The maximum absolute atomic E-state index is 13.0. The van der Waals surface area contributed by atoms with Gasteiger partial charge in [-0.3, -0.25) is 0 Å². The molecule has 0 radical (unpaired) electrons. The van der Waals surface area contributed by atoms with E-state index in [9.17, 15) is 4.39 Å². The number of hydrogen-bond donors (Lipinski definition) is 1. The minimum Gasteiger partial charge on any atom is -0.310 e. The molecular formula is C15H21BrFN. The number of rotatable bonds is 4. The van der Waals surface area contributed by atoms with Crippen LogP contribution in [0.5, 0.6) is 0 Å². The fourth-order valence-corrected chi connectivity index (χ4v) is 3.23. The minimum absolute atomic E-state index is 0.189. The van der Waals surface area contributed by atoms with Crippen molar-refractivity contribution in [2.45, 2.75) is 51.6 Å². The molecule has 1 atom stereocenters. The van der Waals surface area contributed by atoms with Gasteiger partial charge in [0.25, 0.3) is 0 Å². The van der Waals surface area contributed by atoms with Crippen molar-refractivity contribution < 1.29 is 4.39 Å². The van der Waals surface area contributed by atoms with Gasteiger partial charge in [0.2, 0.25) is 0 Å². The van der Waals surface area contributed by atoms with Gasteiger partial charge in [0, 0.05) is 17.1 Å². The summed E-state index contributed by atoms with van der Waals surface area (Å²) >= 11 is 3.41. The van der Waals surface area contributed by atoms with Gasteiger partial charge in [-0.25, -0.2) is 4.39 Å². The van der Waals surface area contributed by atoms with Crippen molar-refractivity contribution >= 4 is 15.9 Å². The summed E-state index contributed by atoms with van der Waals surface area (Å²) in [6.45, 7) is 3.08. The van der Waals surface area contributed by atoms with Crippen molar-refractivity contribution in [1.29, 1.82) is 0 Å². The van der Waals surface area contributed by atoms with Crippen molar-refractivity contribution in [3.05, 3.63) is 34.1 Å². The quantitative estimate of drug-likeness (QED) is 0.853. The molecule has 1 fully saturated rings. The standard InChI is InChI=1S/C15H21BrFN/c1-11(12-5-3-2-4-6-12)18-10-13-7-8-14(17)9-15(13)16/h7-9,11-12,18H,2-6,10H2,1H3. The molecule has 0 heterocycles. The molecule has 1 aromatic rings. The van der Waals surface area contributed by atoms with Crippen LogP contribution in [-0.4, -0.2) is 6.04 Å². The molecular weight excluding hydrogens is 293 g/mol. The SMILES string of the molecule is CC(NCc1ccc(F)cc1Br)C1CCCCC1. The predicted octanol–water partition coefficient (Wildman–Crippen LogP) is 4.65. The van der Waals surface area contributed by atoms with Crippen LogP contribution in [0.2, 0.25) is 0 Å². The van der Waals surface area contributed by atoms with E-state index in [1.54, 1.807) is 0 Å². The summed E-state index contributed by atoms with van der Waals surface area (Å²) in [5.74, 6) is 0.615. The first-order valence-electron chi connectivity index (χ1n) is 6.84. The van der Waals surface area contributed by atoms with E-state index in [1.165, 1.54) is 44.2 Å². The Labute approximate surface area is 117 Å². The van der Waals surface area contributed by atoms with E-state index in [2.05, 4.69) is 28.2 Å². The van der Waals surface area contributed by atoms with Gasteiger partial charge < -0.3 is 5.32 Å². The van der Waals surface area contributed by atoms with Gasteiger partial charge in [-0.1, -0.05) is 41.3 Å². The van der Waals surface area contributed by atoms with Crippen molar-refractivity contribution in [3.63, 3.8) is 0 Å². The first kappa shape index (κ1) is 14.0. The van der Waals surface area contributed by atoms with E-state index in [0.717, 1.165) is 22.5 Å². The highest BCUT2D eigenvalue weighted by atomic mass is 79.9. The molecule has 0 spiro atoms. The first-order valence-corrected chi connectivity index (χ1v) is 7.63. The summed E-state index contributed by atoms with van der Waals surface area (Å²) < 4.78 is 13.8.